The standard InChI is InChI=1S/C15H18N2O2/c1-11-10-19-7-6-17(11)15-13(9-18)8-12-4-2-3-5-14(12)16-15/h2-5,8,11,18H,6-7,9-10H2,1H3. The van der Waals surface area contributed by atoms with E-state index in [1.807, 2.05) is 30.3 Å². The maximum atomic E-state index is 9.60. The van der Waals surface area contributed by atoms with Gasteiger partial charge in [0.2, 0.25) is 0 Å². The second-order valence-corrected chi connectivity index (χ2v) is 4.94. The van der Waals surface area contributed by atoms with E-state index in [0.29, 0.717) is 13.2 Å². The number of aromatic nitrogens is 1. The van der Waals surface area contributed by atoms with Crippen molar-refractivity contribution < 1.29 is 9.84 Å². The molecular formula is C15H18N2O2. The molecule has 0 bridgehead atoms. The zero-order valence-electron chi connectivity index (χ0n) is 11.0. The van der Waals surface area contributed by atoms with Crippen LogP contribution in [0.25, 0.3) is 10.9 Å². The topological polar surface area (TPSA) is 45.6 Å². The molecule has 100 valence electrons. The third-order valence-corrected chi connectivity index (χ3v) is 3.59. The number of rotatable bonds is 2. The quantitative estimate of drug-likeness (QED) is 0.894. The van der Waals surface area contributed by atoms with Gasteiger partial charge in [0.1, 0.15) is 5.82 Å². The fraction of sp³-hybridized carbons (Fsp3) is 0.400. The zero-order valence-corrected chi connectivity index (χ0v) is 11.0. The fourth-order valence-corrected chi connectivity index (χ4v) is 2.56. The van der Waals surface area contributed by atoms with Crippen LogP contribution in [0.3, 0.4) is 0 Å². The SMILES string of the molecule is CC1COCCN1c1nc2ccccc2cc1CO. The van der Waals surface area contributed by atoms with Crippen LogP contribution < -0.4 is 4.90 Å². The van der Waals surface area contributed by atoms with Crippen molar-refractivity contribution in [2.45, 2.75) is 19.6 Å². The van der Waals surface area contributed by atoms with Gasteiger partial charge in [0.05, 0.1) is 31.4 Å². The number of aliphatic hydroxyl groups excluding tert-OH is 1. The lowest BCUT2D eigenvalue weighted by molar-refractivity contribution is 0.0983. The van der Waals surface area contributed by atoms with E-state index < -0.39 is 0 Å². The molecule has 2 aromatic rings. The zero-order chi connectivity index (χ0) is 13.2. The van der Waals surface area contributed by atoms with Crippen molar-refractivity contribution in [1.82, 2.24) is 4.98 Å². The van der Waals surface area contributed by atoms with Crippen LogP contribution >= 0.6 is 0 Å². The van der Waals surface area contributed by atoms with Gasteiger partial charge in [-0.15, -0.1) is 0 Å². The van der Waals surface area contributed by atoms with Gasteiger partial charge >= 0.3 is 0 Å². The van der Waals surface area contributed by atoms with Crippen molar-refractivity contribution in [3.8, 4) is 0 Å². The summed E-state index contributed by atoms with van der Waals surface area (Å²) in [5.41, 5.74) is 1.85. The van der Waals surface area contributed by atoms with E-state index in [2.05, 4.69) is 11.8 Å². The maximum absolute atomic E-state index is 9.60. The van der Waals surface area contributed by atoms with Gasteiger partial charge in [0.25, 0.3) is 0 Å². The first-order valence-electron chi connectivity index (χ1n) is 6.63. The number of para-hydroxylation sites is 1. The van der Waals surface area contributed by atoms with Crippen LogP contribution in [-0.2, 0) is 11.3 Å². The van der Waals surface area contributed by atoms with Crippen LogP contribution in [0.1, 0.15) is 12.5 Å². The predicted molar refractivity (Wildman–Crippen MR) is 75.3 cm³/mol. The summed E-state index contributed by atoms with van der Waals surface area (Å²) in [6.45, 7) is 4.37. The number of hydrogen-bond donors (Lipinski definition) is 1. The molecule has 1 N–H and O–H groups in total. The van der Waals surface area contributed by atoms with Gasteiger partial charge in [0, 0.05) is 17.5 Å². The summed E-state index contributed by atoms with van der Waals surface area (Å²) in [5, 5.41) is 10.7. The summed E-state index contributed by atoms with van der Waals surface area (Å²) in [4.78, 5) is 6.95. The lowest BCUT2D eigenvalue weighted by Gasteiger charge is -2.35. The molecule has 1 aliphatic heterocycles. The van der Waals surface area contributed by atoms with Crippen molar-refractivity contribution in [2.75, 3.05) is 24.7 Å². The second-order valence-electron chi connectivity index (χ2n) is 4.94. The lowest BCUT2D eigenvalue weighted by Crippen LogP contribution is -2.44. The third kappa shape index (κ3) is 2.29. The number of fused-ring (bicyclic) bond motifs is 1. The van der Waals surface area contributed by atoms with Gasteiger partial charge in [-0.2, -0.15) is 0 Å². The van der Waals surface area contributed by atoms with Crippen LogP contribution in [0.4, 0.5) is 5.82 Å². The molecule has 3 rings (SSSR count). The van der Waals surface area contributed by atoms with Crippen molar-refractivity contribution >= 4 is 16.7 Å². The summed E-state index contributed by atoms with van der Waals surface area (Å²) in [7, 11) is 0. The monoisotopic (exact) mass is 258 g/mol. The molecule has 4 heteroatoms. The molecule has 0 spiro atoms. The van der Waals surface area contributed by atoms with Gasteiger partial charge in [-0.05, 0) is 19.1 Å². The molecule has 1 aliphatic rings. The Bertz CT molecular complexity index is 585. The van der Waals surface area contributed by atoms with E-state index in [1.54, 1.807) is 0 Å². The first-order chi connectivity index (χ1) is 9.29. The maximum Gasteiger partial charge on any atom is 0.135 e. The van der Waals surface area contributed by atoms with Gasteiger partial charge < -0.3 is 14.7 Å². The first-order valence-corrected chi connectivity index (χ1v) is 6.63. The van der Waals surface area contributed by atoms with Gasteiger partial charge in [-0.1, -0.05) is 18.2 Å². The number of benzene rings is 1. The Morgan fingerprint density at radius 2 is 2.26 bits per heavy atom. The molecule has 2 heterocycles. The highest BCUT2D eigenvalue weighted by molar-refractivity contribution is 5.81. The average molecular weight is 258 g/mol. The van der Waals surface area contributed by atoms with Crippen LogP contribution in [0.15, 0.2) is 30.3 Å². The third-order valence-electron chi connectivity index (χ3n) is 3.59. The smallest absolute Gasteiger partial charge is 0.135 e. The number of ether oxygens (including phenoxy) is 1. The Kier molecular flexibility index (Phi) is 3.36. The molecule has 1 unspecified atom stereocenters. The largest absolute Gasteiger partial charge is 0.392 e. The van der Waals surface area contributed by atoms with Crippen molar-refractivity contribution in [2.24, 2.45) is 0 Å². The fourth-order valence-electron chi connectivity index (χ4n) is 2.56. The first kappa shape index (κ1) is 12.4. The number of hydrogen-bond acceptors (Lipinski definition) is 4. The second kappa shape index (κ2) is 5.15. The Morgan fingerprint density at radius 1 is 1.42 bits per heavy atom. The number of morpholine rings is 1. The minimum atomic E-state index is 0.0112. The van der Waals surface area contributed by atoms with Gasteiger partial charge in [0.15, 0.2) is 0 Å². The van der Waals surface area contributed by atoms with Crippen LogP contribution in [-0.4, -0.2) is 35.9 Å². The van der Waals surface area contributed by atoms with E-state index in [1.165, 1.54) is 0 Å². The molecule has 0 saturated carbocycles. The molecule has 4 nitrogen and oxygen atoms in total. The van der Waals surface area contributed by atoms with Crippen molar-refractivity contribution in [3.05, 3.63) is 35.9 Å². The molecule has 1 saturated heterocycles. The summed E-state index contributed by atoms with van der Waals surface area (Å²) in [6, 6.07) is 10.3. The molecule has 0 radical (unpaired) electrons. The summed E-state index contributed by atoms with van der Waals surface area (Å²) in [6.07, 6.45) is 0. The lowest BCUT2D eigenvalue weighted by atomic mass is 10.1. The van der Waals surface area contributed by atoms with Gasteiger partial charge in [-0.3, -0.25) is 0 Å². The number of pyridine rings is 1. The Labute approximate surface area is 112 Å². The van der Waals surface area contributed by atoms with Crippen LogP contribution in [0, 0.1) is 0 Å². The van der Waals surface area contributed by atoms with Crippen molar-refractivity contribution in [3.63, 3.8) is 0 Å². The van der Waals surface area contributed by atoms with E-state index in [9.17, 15) is 5.11 Å². The molecular weight excluding hydrogens is 240 g/mol. The van der Waals surface area contributed by atoms with E-state index in [0.717, 1.165) is 28.8 Å². The highest BCUT2D eigenvalue weighted by Crippen LogP contribution is 2.26. The number of anilines is 1. The number of nitrogens with zero attached hydrogens (tertiary/aromatic N) is 2. The van der Waals surface area contributed by atoms with E-state index in [-0.39, 0.29) is 12.6 Å². The highest BCUT2D eigenvalue weighted by atomic mass is 16.5. The van der Waals surface area contributed by atoms with Gasteiger partial charge in [-0.25, -0.2) is 4.98 Å². The molecule has 19 heavy (non-hydrogen) atoms. The minimum Gasteiger partial charge on any atom is -0.392 e. The molecule has 1 fully saturated rings. The Hall–Kier alpha value is -1.65. The predicted octanol–water partition coefficient (Wildman–Crippen LogP) is 1.95. The molecule has 1 atom stereocenters. The number of aliphatic hydroxyl groups is 1. The molecule has 1 aromatic heterocycles. The average Bonchev–Trinajstić information content (AvgIpc) is 2.46. The summed E-state index contributed by atoms with van der Waals surface area (Å²) in [5.74, 6) is 0.886. The van der Waals surface area contributed by atoms with E-state index >= 15 is 0 Å². The minimum absolute atomic E-state index is 0.0112. The van der Waals surface area contributed by atoms with E-state index in [4.69, 9.17) is 9.72 Å². The van der Waals surface area contributed by atoms with Crippen molar-refractivity contribution in [1.29, 1.82) is 0 Å². The van der Waals surface area contributed by atoms with Crippen LogP contribution in [0.5, 0.6) is 0 Å². The molecule has 0 aliphatic carbocycles. The highest BCUT2D eigenvalue weighted by Gasteiger charge is 2.22. The normalized spacial score (nSPS) is 19.9. The summed E-state index contributed by atoms with van der Waals surface area (Å²) >= 11 is 0. The van der Waals surface area contributed by atoms with Crippen LogP contribution in [0.2, 0.25) is 0 Å². The summed E-state index contributed by atoms with van der Waals surface area (Å²) < 4.78 is 5.46. The Morgan fingerprint density at radius 3 is 3.05 bits per heavy atom. The Balaban J connectivity index is 2.10. The molecule has 0 amide bonds. The molecule has 1 aromatic carbocycles.